The van der Waals surface area contributed by atoms with Gasteiger partial charge < -0.3 is 14.5 Å². The zero-order valence-corrected chi connectivity index (χ0v) is 18.8. The summed E-state index contributed by atoms with van der Waals surface area (Å²) in [6.07, 6.45) is -4.64. The van der Waals surface area contributed by atoms with Gasteiger partial charge in [0.25, 0.3) is 0 Å². The third-order valence-electron chi connectivity index (χ3n) is 5.21. The van der Waals surface area contributed by atoms with Crippen molar-refractivity contribution in [2.45, 2.75) is 11.1 Å². The SMILES string of the molecule is O=C(CSCC(=O)N1CCN(S(=O)(=O)c2cccc(C(F)(F)F)c2)CC1)N1CCOCC1. The Kier molecular flexibility index (Phi) is 8.06. The van der Waals surface area contributed by atoms with Gasteiger partial charge in [0.15, 0.2) is 0 Å². The van der Waals surface area contributed by atoms with E-state index in [1.165, 1.54) is 16.7 Å². The van der Waals surface area contributed by atoms with Crippen molar-refractivity contribution in [3.05, 3.63) is 29.8 Å². The van der Waals surface area contributed by atoms with Gasteiger partial charge in [0.2, 0.25) is 21.8 Å². The molecule has 0 atom stereocenters. The van der Waals surface area contributed by atoms with Gasteiger partial charge in [0.05, 0.1) is 35.2 Å². The molecule has 178 valence electrons. The maximum atomic E-state index is 12.9. The number of piperazine rings is 1. The van der Waals surface area contributed by atoms with Gasteiger partial charge in [-0.25, -0.2) is 8.42 Å². The maximum Gasteiger partial charge on any atom is 0.416 e. The molecular weight excluding hydrogens is 471 g/mol. The van der Waals surface area contributed by atoms with E-state index in [0.29, 0.717) is 32.4 Å². The Morgan fingerprint density at radius 3 is 2.06 bits per heavy atom. The van der Waals surface area contributed by atoms with Crippen molar-refractivity contribution in [3.63, 3.8) is 0 Å². The molecule has 2 fully saturated rings. The van der Waals surface area contributed by atoms with Crippen molar-refractivity contribution in [1.29, 1.82) is 0 Å². The number of ether oxygens (including phenoxy) is 1. The van der Waals surface area contributed by atoms with E-state index in [1.54, 1.807) is 4.90 Å². The van der Waals surface area contributed by atoms with Gasteiger partial charge in [-0.3, -0.25) is 9.59 Å². The normalized spacial score (nSPS) is 18.6. The first kappa shape index (κ1) is 24.8. The Labute approximate surface area is 188 Å². The topological polar surface area (TPSA) is 87.2 Å². The van der Waals surface area contributed by atoms with E-state index >= 15 is 0 Å². The van der Waals surface area contributed by atoms with E-state index in [1.807, 2.05) is 0 Å². The molecule has 1 aromatic carbocycles. The number of morpholine rings is 1. The second kappa shape index (κ2) is 10.4. The second-order valence-electron chi connectivity index (χ2n) is 7.30. The van der Waals surface area contributed by atoms with Gasteiger partial charge in [-0.1, -0.05) is 6.07 Å². The van der Waals surface area contributed by atoms with Gasteiger partial charge >= 0.3 is 6.18 Å². The van der Waals surface area contributed by atoms with E-state index in [2.05, 4.69) is 0 Å². The van der Waals surface area contributed by atoms with Crippen LogP contribution in [0.2, 0.25) is 0 Å². The quantitative estimate of drug-likeness (QED) is 0.588. The van der Waals surface area contributed by atoms with Crippen LogP contribution >= 0.6 is 11.8 Å². The van der Waals surface area contributed by atoms with Gasteiger partial charge in [-0.2, -0.15) is 17.5 Å². The average molecular weight is 496 g/mol. The first-order valence-electron chi connectivity index (χ1n) is 9.97. The molecule has 2 aliphatic rings. The number of alkyl halides is 3. The number of carbonyl (C=O) groups is 2. The second-order valence-corrected chi connectivity index (χ2v) is 10.2. The number of nitrogens with zero attached hydrogens (tertiary/aromatic N) is 3. The van der Waals surface area contributed by atoms with E-state index in [0.717, 1.165) is 22.5 Å². The lowest BCUT2D eigenvalue weighted by Crippen LogP contribution is -2.51. The summed E-state index contributed by atoms with van der Waals surface area (Å²) in [5.74, 6) is 0.00974. The molecule has 32 heavy (non-hydrogen) atoms. The number of benzene rings is 1. The van der Waals surface area contributed by atoms with Crippen molar-refractivity contribution < 1.29 is 35.9 Å². The fourth-order valence-corrected chi connectivity index (χ4v) is 5.67. The van der Waals surface area contributed by atoms with E-state index in [9.17, 15) is 31.2 Å². The van der Waals surface area contributed by atoms with Crippen molar-refractivity contribution >= 4 is 33.6 Å². The molecule has 2 aliphatic heterocycles. The Bertz CT molecular complexity index is 928. The molecule has 3 rings (SSSR count). The van der Waals surface area contributed by atoms with Crippen molar-refractivity contribution in [2.75, 3.05) is 64.0 Å². The minimum atomic E-state index is -4.64. The summed E-state index contributed by atoms with van der Waals surface area (Å²) in [6, 6.07) is 3.63. The Hall–Kier alpha value is -1.83. The van der Waals surface area contributed by atoms with Crippen LogP contribution in [-0.2, 0) is 30.5 Å². The summed E-state index contributed by atoms with van der Waals surface area (Å²) in [6.45, 7) is 2.32. The van der Waals surface area contributed by atoms with E-state index in [4.69, 9.17) is 4.74 Å². The number of thioether (sulfide) groups is 1. The van der Waals surface area contributed by atoms with Gasteiger partial charge in [0, 0.05) is 39.3 Å². The van der Waals surface area contributed by atoms with Crippen molar-refractivity contribution in [1.82, 2.24) is 14.1 Å². The molecule has 0 saturated carbocycles. The number of rotatable bonds is 6. The minimum Gasteiger partial charge on any atom is -0.378 e. The predicted molar refractivity (Wildman–Crippen MR) is 112 cm³/mol. The molecule has 0 N–H and O–H groups in total. The summed E-state index contributed by atoms with van der Waals surface area (Å²) in [5, 5.41) is 0. The van der Waals surface area contributed by atoms with Crippen LogP contribution in [0.3, 0.4) is 0 Å². The third kappa shape index (κ3) is 6.15. The molecule has 2 amide bonds. The van der Waals surface area contributed by atoms with Crippen LogP contribution in [0.1, 0.15) is 5.56 Å². The average Bonchev–Trinajstić information content (AvgIpc) is 2.79. The molecule has 0 radical (unpaired) electrons. The lowest BCUT2D eigenvalue weighted by atomic mass is 10.2. The Morgan fingerprint density at radius 1 is 0.938 bits per heavy atom. The standard InChI is InChI=1S/C19H24F3N3O5S2/c20-19(21,22)15-2-1-3-16(12-15)32(28,29)25-6-4-23(5-7-25)17(26)13-31-14-18(27)24-8-10-30-11-9-24/h1-3,12H,4-11,13-14H2. The number of amides is 2. The van der Waals surface area contributed by atoms with Gasteiger partial charge in [-0.15, -0.1) is 11.8 Å². The van der Waals surface area contributed by atoms with Crippen LogP contribution in [-0.4, -0.2) is 98.3 Å². The highest BCUT2D eigenvalue weighted by atomic mass is 32.2. The molecule has 0 aliphatic carbocycles. The monoisotopic (exact) mass is 495 g/mol. The van der Waals surface area contributed by atoms with Crippen molar-refractivity contribution in [2.24, 2.45) is 0 Å². The number of hydrogen-bond donors (Lipinski definition) is 0. The van der Waals surface area contributed by atoms with Crippen molar-refractivity contribution in [3.8, 4) is 0 Å². The Balaban J connectivity index is 1.48. The summed E-state index contributed by atoms with van der Waals surface area (Å²) in [5.41, 5.74) is -1.03. The molecule has 0 bridgehead atoms. The fourth-order valence-electron chi connectivity index (χ4n) is 3.38. The maximum absolute atomic E-state index is 12.9. The summed E-state index contributed by atoms with van der Waals surface area (Å²) in [4.78, 5) is 27.3. The minimum absolute atomic E-state index is 0.0122. The molecule has 13 heteroatoms. The fraction of sp³-hybridized carbons (Fsp3) is 0.579. The molecule has 0 aromatic heterocycles. The molecule has 2 saturated heterocycles. The highest BCUT2D eigenvalue weighted by Crippen LogP contribution is 2.31. The summed E-state index contributed by atoms with van der Waals surface area (Å²) < 4.78 is 70.5. The zero-order chi connectivity index (χ0) is 23.4. The van der Waals surface area contributed by atoms with Crippen LogP contribution in [0.25, 0.3) is 0 Å². The smallest absolute Gasteiger partial charge is 0.378 e. The number of sulfonamides is 1. The van der Waals surface area contributed by atoms with E-state index < -0.39 is 26.7 Å². The van der Waals surface area contributed by atoms with Gasteiger partial charge in [0.1, 0.15) is 0 Å². The molecule has 0 spiro atoms. The third-order valence-corrected chi connectivity index (χ3v) is 8.00. The predicted octanol–water partition coefficient (Wildman–Crippen LogP) is 1.13. The summed E-state index contributed by atoms with van der Waals surface area (Å²) >= 11 is 1.20. The largest absolute Gasteiger partial charge is 0.416 e. The summed E-state index contributed by atoms with van der Waals surface area (Å²) in [7, 11) is -4.10. The van der Waals surface area contributed by atoms with Crippen LogP contribution < -0.4 is 0 Å². The molecule has 1 aromatic rings. The van der Waals surface area contributed by atoms with E-state index in [-0.39, 0.29) is 49.5 Å². The highest BCUT2D eigenvalue weighted by molar-refractivity contribution is 8.00. The number of hydrogen-bond acceptors (Lipinski definition) is 6. The van der Waals surface area contributed by atoms with Gasteiger partial charge in [-0.05, 0) is 18.2 Å². The highest BCUT2D eigenvalue weighted by Gasteiger charge is 2.34. The molecular formula is C19H24F3N3O5S2. The Morgan fingerprint density at radius 2 is 1.50 bits per heavy atom. The number of carbonyl (C=O) groups excluding carboxylic acids is 2. The number of halogens is 3. The first-order chi connectivity index (χ1) is 15.1. The van der Waals surface area contributed by atoms with Crippen LogP contribution in [0.4, 0.5) is 13.2 Å². The molecule has 8 nitrogen and oxygen atoms in total. The van der Waals surface area contributed by atoms with Crippen LogP contribution in [0, 0.1) is 0 Å². The van der Waals surface area contributed by atoms with Crippen LogP contribution in [0.15, 0.2) is 29.2 Å². The van der Waals surface area contributed by atoms with Crippen LogP contribution in [0.5, 0.6) is 0 Å². The first-order valence-corrected chi connectivity index (χ1v) is 12.6. The lowest BCUT2D eigenvalue weighted by molar-refractivity contribution is -0.137. The molecule has 2 heterocycles. The lowest BCUT2D eigenvalue weighted by Gasteiger charge is -2.34. The molecule has 0 unspecified atom stereocenters. The zero-order valence-electron chi connectivity index (χ0n) is 17.2.